The summed E-state index contributed by atoms with van der Waals surface area (Å²) in [7, 11) is 0. The third-order valence-electron chi connectivity index (χ3n) is 5.31. The molecule has 0 saturated carbocycles. The van der Waals surface area contributed by atoms with Crippen LogP contribution in [-0.2, 0) is 6.42 Å². The number of ketones is 1. The van der Waals surface area contributed by atoms with Crippen molar-refractivity contribution >= 4 is 17.1 Å². The molecule has 4 atom stereocenters. The molecule has 7 N–H and O–H groups in total. The van der Waals surface area contributed by atoms with E-state index in [9.17, 15) is 29.6 Å². The maximum atomic E-state index is 13.2. The third-order valence-corrected chi connectivity index (χ3v) is 6.45. The quantitative estimate of drug-likeness (QED) is 0.292. The van der Waals surface area contributed by atoms with Crippen LogP contribution >= 0.6 is 11.3 Å². The van der Waals surface area contributed by atoms with Crippen molar-refractivity contribution < 1.29 is 40.2 Å². The van der Waals surface area contributed by atoms with E-state index in [4.69, 9.17) is 5.11 Å². The van der Waals surface area contributed by atoms with Gasteiger partial charge >= 0.3 is 0 Å². The fraction of sp³-hybridized carbons (Fsp3) is 0.292. The second-order valence-corrected chi connectivity index (χ2v) is 8.80. The van der Waals surface area contributed by atoms with E-state index in [1.165, 1.54) is 18.2 Å². The molecule has 178 valence electrons. The minimum absolute atomic E-state index is 0. The molecule has 7 nitrogen and oxygen atoms in total. The molecule has 0 amide bonds. The zero-order chi connectivity index (χ0) is 23.4. The first kappa shape index (κ1) is 26.7. The average Bonchev–Trinajstić information content (AvgIpc) is 3.26. The highest BCUT2D eigenvalue weighted by Gasteiger charge is 2.34. The van der Waals surface area contributed by atoms with Crippen LogP contribution < -0.4 is 0 Å². The Bertz CT molecular complexity index is 1070. The summed E-state index contributed by atoms with van der Waals surface area (Å²) in [4.78, 5) is 14.7. The molecule has 0 radical (unpaired) electrons. The number of aliphatic hydroxyl groups excluding tert-OH is 5. The number of aliphatic hydroxyl groups is 5. The van der Waals surface area contributed by atoms with Crippen LogP contribution in [0.2, 0.25) is 0 Å². The molecule has 1 aromatic heterocycles. The predicted molar refractivity (Wildman–Crippen MR) is 123 cm³/mol. The number of Topliss-reactive ketones (excluding diaryl/α,β-unsaturated/α-hetero) is 1. The highest BCUT2D eigenvalue weighted by molar-refractivity contribution is 7.15. The van der Waals surface area contributed by atoms with Gasteiger partial charge < -0.3 is 31.0 Å². The Balaban J connectivity index is 0.00000385. The van der Waals surface area contributed by atoms with Gasteiger partial charge in [-0.2, -0.15) is 0 Å². The van der Waals surface area contributed by atoms with Gasteiger partial charge in [-0.15, -0.1) is 11.3 Å². The van der Waals surface area contributed by atoms with Crippen molar-refractivity contribution in [3.05, 3.63) is 82.0 Å². The van der Waals surface area contributed by atoms with E-state index in [0.29, 0.717) is 6.42 Å². The van der Waals surface area contributed by atoms with Crippen molar-refractivity contribution in [3.8, 4) is 10.4 Å². The molecule has 0 fully saturated rings. The number of halogens is 1. The van der Waals surface area contributed by atoms with Gasteiger partial charge in [0.2, 0.25) is 0 Å². The summed E-state index contributed by atoms with van der Waals surface area (Å²) in [6, 6.07) is 15.0. The molecule has 0 aliphatic carbocycles. The van der Waals surface area contributed by atoms with Crippen LogP contribution in [0.5, 0.6) is 0 Å². The van der Waals surface area contributed by atoms with Gasteiger partial charge in [0.05, 0.1) is 6.61 Å². The third kappa shape index (κ3) is 6.30. The molecule has 33 heavy (non-hydrogen) atoms. The van der Waals surface area contributed by atoms with Crippen LogP contribution in [-0.4, -0.2) is 67.8 Å². The van der Waals surface area contributed by atoms with Gasteiger partial charge in [0.15, 0.2) is 5.78 Å². The molecule has 0 spiro atoms. The SMILES string of the molecule is Cc1ccc(C(=O)[C@H](O)[C@@H](O)[C@H](O)[C@H](O)CO)cc1Cc1ccc(-c2ccc(F)cc2)s1.O. The molecule has 9 heteroatoms. The van der Waals surface area contributed by atoms with Crippen molar-refractivity contribution in [1.82, 2.24) is 0 Å². The summed E-state index contributed by atoms with van der Waals surface area (Å²) in [6.45, 7) is 1.07. The highest BCUT2D eigenvalue weighted by atomic mass is 32.1. The van der Waals surface area contributed by atoms with Crippen molar-refractivity contribution in [2.45, 2.75) is 37.8 Å². The lowest BCUT2D eigenvalue weighted by atomic mass is 9.93. The Labute approximate surface area is 194 Å². The summed E-state index contributed by atoms with van der Waals surface area (Å²) in [6.07, 6.45) is -6.95. The molecule has 3 aromatic rings. The summed E-state index contributed by atoms with van der Waals surface area (Å²) in [5.41, 5.74) is 2.84. The largest absolute Gasteiger partial charge is 0.412 e. The second kappa shape index (κ2) is 11.6. The summed E-state index contributed by atoms with van der Waals surface area (Å²) < 4.78 is 13.2. The van der Waals surface area contributed by atoms with Gasteiger partial charge in [0.1, 0.15) is 30.2 Å². The van der Waals surface area contributed by atoms with Crippen molar-refractivity contribution in [2.75, 3.05) is 6.61 Å². The highest BCUT2D eigenvalue weighted by Crippen LogP contribution is 2.30. The van der Waals surface area contributed by atoms with E-state index in [0.717, 1.165) is 26.4 Å². The molecule has 1 heterocycles. The Hall–Kier alpha value is -2.50. The number of thiophene rings is 1. The first-order chi connectivity index (χ1) is 15.2. The topological polar surface area (TPSA) is 150 Å². The van der Waals surface area contributed by atoms with Gasteiger partial charge in [-0.05, 0) is 53.9 Å². The molecule has 0 unspecified atom stereocenters. The van der Waals surface area contributed by atoms with Gasteiger partial charge in [0, 0.05) is 21.7 Å². The molecule has 3 rings (SSSR count). The minimum Gasteiger partial charge on any atom is -0.412 e. The lowest BCUT2D eigenvalue weighted by molar-refractivity contribution is -0.105. The van der Waals surface area contributed by atoms with E-state index in [1.54, 1.807) is 35.6 Å². The summed E-state index contributed by atoms with van der Waals surface area (Å²) in [5, 5.41) is 48.3. The summed E-state index contributed by atoms with van der Waals surface area (Å²) in [5.74, 6) is -1.10. The van der Waals surface area contributed by atoms with Gasteiger partial charge in [-0.25, -0.2) is 4.39 Å². The van der Waals surface area contributed by atoms with Gasteiger partial charge in [0.25, 0.3) is 0 Å². The second-order valence-electron chi connectivity index (χ2n) is 7.63. The maximum absolute atomic E-state index is 13.2. The van der Waals surface area contributed by atoms with Crippen LogP contribution in [0.1, 0.15) is 26.4 Å². The smallest absolute Gasteiger partial charge is 0.194 e. The lowest BCUT2D eigenvalue weighted by Gasteiger charge is -2.25. The monoisotopic (exact) mass is 478 g/mol. The zero-order valence-corrected chi connectivity index (χ0v) is 18.7. The van der Waals surface area contributed by atoms with E-state index < -0.39 is 36.8 Å². The lowest BCUT2D eigenvalue weighted by Crippen LogP contribution is -2.48. The average molecular weight is 479 g/mol. The standard InChI is InChI=1S/C24H25FO6S.H2O/c1-13-2-3-15(21(28)23(30)24(31)22(29)19(27)12-26)10-16(13)11-18-8-9-20(32-18)14-4-6-17(25)7-5-14;/h2-10,19,22-24,26-27,29-31H,11-12H2,1H3;1H2/t19-,22-,23+,24+;/m1./s1. The number of carbonyl (C=O) groups excluding carboxylic acids is 1. The Morgan fingerprint density at radius 3 is 2.27 bits per heavy atom. The number of hydrogen-bond donors (Lipinski definition) is 5. The molecule has 0 bridgehead atoms. The summed E-state index contributed by atoms with van der Waals surface area (Å²) >= 11 is 1.55. The Kier molecular flexibility index (Phi) is 9.38. The number of aryl methyl sites for hydroxylation is 1. The van der Waals surface area contributed by atoms with Crippen LogP contribution in [0, 0.1) is 12.7 Å². The molecular formula is C24H27FO7S. The molecule has 2 aromatic carbocycles. The van der Waals surface area contributed by atoms with E-state index in [2.05, 4.69) is 0 Å². The zero-order valence-electron chi connectivity index (χ0n) is 17.9. The number of benzene rings is 2. The van der Waals surface area contributed by atoms with Crippen molar-refractivity contribution in [3.63, 3.8) is 0 Å². The van der Waals surface area contributed by atoms with Crippen LogP contribution in [0.15, 0.2) is 54.6 Å². The minimum atomic E-state index is -1.96. The number of carbonyl (C=O) groups is 1. The van der Waals surface area contributed by atoms with E-state index in [-0.39, 0.29) is 16.9 Å². The fourth-order valence-electron chi connectivity index (χ4n) is 3.29. The van der Waals surface area contributed by atoms with Crippen molar-refractivity contribution in [2.24, 2.45) is 0 Å². The van der Waals surface area contributed by atoms with E-state index in [1.807, 2.05) is 19.1 Å². The van der Waals surface area contributed by atoms with Crippen LogP contribution in [0.4, 0.5) is 4.39 Å². The van der Waals surface area contributed by atoms with Crippen molar-refractivity contribution in [1.29, 1.82) is 0 Å². The van der Waals surface area contributed by atoms with Crippen LogP contribution in [0.3, 0.4) is 0 Å². The first-order valence-electron chi connectivity index (χ1n) is 10.0. The Morgan fingerprint density at radius 1 is 0.970 bits per heavy atom. The van der Waals surface area contributed by atoms with Gasteiger partial charge in [-0.1, -0.05) is 24.3 Å². The molecular weight excluding hydrogens is 451 g/mol. The maximum Gasteiger partial charge on any atom is 0.194 e. The Morgan fingerprint density at radius 2 is 1.64 bits per heavy atom. The first-order valence-corrected chi connectivity index (χ1v) is 10.8. The van der Waals surface area contributed by atoms with Crippen LogP contribution in [0.25, 0.3) is 10.4 Å². The van der Waals surface area contributed by atoms with E-state index >= 15 is 0 Å². The molecule has 0 aliphatic rings. The number of rotatable bonds is 9. The molecule has 0 aliphatic heterocycles. The predicted octanol–water partition coefficient (Wildman–Crippen LogP) is 1.25. The molecule has 0 saturated heterocycles. The fourth-order valence-corrected chi connectivity index (χ4v) is 4.33. The number of hydrogen-bond acceptors (Lipinski definition) is 7. The van der Waals surface area contributed by atoms with Gasteiger partial charge in [-0.3, -0.25) is 4.79 Å². The normalized spacial score (nSPS) is 14.8.